The van der Waals surface area contributed by atoms with Crippen LogP contribution in [0.2, 0.25) is 0 Å². The van der Waals surface area contributed by atoms with E-state index >= 15 is 4.39 Å². The Bertz CT molecular complexity index is 1870. The number of likely N-dealkylation sites (N-methyl/N-ethyl adjacent to an activating group) is 1. The number of rotatable bonds is 6. The lowest BCUT2D eigenvalue weighted by Crippen LogP contribution is -2.59. The summed E-state index contributed by atoms with van der Waals surface area (Å²) in [6, 6.07) is 14.9. The van der Waals surface area contributed by atoms with Gasteiger partial charge in [-0.2, -0.15) is 9.97 Å². The van der Waals surface area contributed by atoms with Crippen LogP contribution in [0.3, 0.4) is 0 Å². The Kier molecular flexibility index (Phi) is 7.79. The van der Waals surface area contributed by atoms with Crippen molar-refractivity contribution in [2.24, 2.45) is 0 Å². The maximum absolute atomic E-state index is 16.8. The molecule has 4 aliphatic rings. The number of phenols is 1. The van der Waals surface area contributed by atoms with E-state index in [9.17, 15) is 9.90 Å². The number of carbonyl (C=O) groups is 1. The largest absolute Gasteiger partial charge is 0.508 e. The van der Waals surface area contributed by atoms with Gasteiger partial charge < -0.3 is 34.6 Å². The highest BCUT2D eigenvalue weighted by Crippen LogP contribution is 2.40. The fourth-order valence-corrected chi connectivity index (χ4v) is 8.30. The summed E-state index contributed by atoms with van der Waals surface area (Å²) < 4.78 is 28.9. The molecule has 2 amide bonds. The Hall–Kier alpha value is -4.22. The minimum Gasteiger partial charge on any atom is -0.508 e. The van der Waals surface area contributed by atoms with Crippen molar-refractivity contribution in [2.45, 2.75) is 75.7 Å². The first-order chi connectivity index (χ1) is 23.1. The second kappa shape index (κ2) is 12.0. The quantitative estimate of drug-likeness (QED) is 0.273. The molecule has 2 bridgehead atoms. The molecule has 10 nitrogen and oxygen atoms in total. The van der Waals surface area contributed by atoms with Crippen LogP contribution in [0.25, 0.3) is 32.8 Å². The SMILES string of the molecule is CN1CCCC1COc1nc(N2C[C@H]3CC[C@@H](C2)N3C(=O)NC2COC(C)(C)C2)c2ccc(-c3cc(O)cc4ccccc34)c(F)c2n1. The number of benzene rings is 3. The number of phenolic OH excluding ortho intramolecular Hbond substituents is 1. The Labute approximate surface area is 279 Å². The number of urea groups is 1. The molecule has 4 atom stereocenters. The highest BCUT2D eigenvalue weighted by molar-refractivity contribution is 6.01. The number of amides is 2. The van der Waals surface area contributed by atoms with Gasteiger partial charge in [0.05, 0.1) is 30.3 Å². The van der Waals surface area contributed by atoms with Gasteiger partial charge in [-0.05, 0) is 94.1 Å². The number of ether oxygens (including phenoxy) is 2. The molecule has 3 aromatic carbocycles. The number of hydrogen-bond acceptors (Lipinski definition) is 8. The Morgan fingerprint density at radius 3 is 2.58 bits per heavy atom. The summed E-state index contributed by atoms with van der Waals surface area (Å²) in [4.78, 5) is 29.6. The van der Waals surface area contributed by atoms with Gasteiger partial charge in [-0.15, -0.1) is 0 Å². The van der Waals surface area contributed by atoms with Gasteiger partial charge in [0.1, 0.15) is 23.7 Å². The van der Waals surface area contributed by atoms with Gasteiger partial charge in [0.2, 0.25) is 0 Å². The Morgan fingerprint density at radius 1 is 1.06 bits per heavy atom. The molecule has 0 radical (unpaired) electrons. The van der Waals surface area contributed by atoms with E-state index in [1.54, 1.807) is 18.2 Å². The molecule has 0 saturated carbocycles. The van der Waals surface area contributed by atoms with Crippen molar-refractivity contribution >= 4 is 33.5 Å². The van der Waals surface area contributed by atoms with Crippen LogP contribution in [0.5, 0.6) is 11.8 Å². The van der Waals surface area contributed by atoms with Crippen molar-refractivity contribution in [3.05, 3.63) is 54.3 Å². The lowest BCUT2D eigenvalue weighted by molar-refractivity contribution is 0.0356. The zero-order chi connectivity index (χ0) is 33.2. The molecule has 0 spiro atoms. The monoisotopic (exact) mass is 654 g/mol. The van der Waals surface area contributed by atoms with Gasteiger partial charge in [-0.3, -0.25) is 0 Å². The minimum absolute atomic E-state index is 0.00313. The van der Waals surface area contributed by atoms with Crippen molar-refractivity contribution in [3.8, 4) is 22.9 Å². The third-order valence-corrected chi connectivity index (χ3v) is 10.7. The van der Waals surface area contributed by atoms with Crippen LogP contribution >= 0.6 is 0 Å². The van der Waals surface area contributed by atoms with Crippen molar-refractivity contribution in [1.82, 2.24) is 25.1 Å². The lowest BCUT2D eigenvalue weighted by Gasteiger charge is -2.42. The van der Waals surface area contributed by atoms with Crippen LogP contribution in [0.4, 0.5) is 15.0 Å². The summed E-state index contributed by atoms with van der Waals surface area (Å²) in [6.45, 7) is 7.21. The summed E-state index contributed by atoms with van der Waals surface area (Å²) in [7, 11) is 2.09. The minimum atomic E-state index is -0.488. The molecule has 4 aliphatic heterocycles. The summed E-state index contributed by atoms with van der Waals surface area (Å²) in [5.74, 6) is 0.194. The molecular formula is C37H43FN6O4. The second-order valence-electron chi connectivity index (χ2n) is 14.6. The van der Waals surface area contributed by atoms with Gasteiger partial charge in [0, 0.05) is 30.1 Å². The number of nitrogens with zero attached hydrogens (tertiary/aromatic N) is 5. The van der Waals surface area contributed by atoms with E-state index in [1.807, 2.05) is 35.2 Å². The van der Waals surface area contributed by atoms with E-state index in [0.29, 0.717) is 48.6 Å². The first-order valence-corrected chi connectivity index (χ1v) is 17.2. The molecule has 4 aromatic rings. The maximum atomic E-state index is 16.8. The number of fused-ring (bicyclic) bond motifs is 4. The average molecular weight is 655 g/mol. The van der Waals surface area contributed by atoms with Gasteiger partial charge in [-0.1, -0.05) is 30.3 Å². The van der Waals surface area contributed by atoms with Crippen molar-refractivity contribution < 1.29 is 23.8 Å². The van der Waals surface area contributed by atoms with Crippen LogP contribution in [0, 0.1) is 5.82 Å². The topological polar surface area (TPSA) is 103 Å². The maximum Gasteiger partial charge on any atom is 0.319 e. The van der Waals surface area contributed by atoms with Gasteiger partial charge in [0.25, 0.3) is 0 Å². The number of hydrogen-bond donors (Lipinski definition) is 2. The summed E-state index contributed by atoms with van der Waals surface area (Å²) in [5.41, 5.74) is 0.881. The van der Waals surface area contributed by atoms with Gasteiger partial charge >= 0.3 is 12.0 Å². The van der Waals surface area contributed by atoms with Crippen LogP contribution in [-0.4, -0.2) is 101 Å². The van der Waals surface area contributed by atoms with E-state index in [2.05, 4.69) is 41.0 Å². The molecule has 4 saturated heterocycles. The third-order valence-electron chi connectivity index (χ3n) is 10.7. The fraction of sp³-hybridized carbons (Fsp3) is 0.486. The molecule has 2 N–H and O–H groups in total. The third kappa shape index (κ3) is 5.66. The van der Waals surface area contributed by atoms with E-state index in [-0.39, 0.29) is 53.1 Å². The van der Waals surface area contributed by atoms with Crippen molar-refractivity contribution in [1.29, 1.82) is 0 Å². The summed E-state index contributed by atoms with van der Waals surface area (Å²) in [6.07, 6.45) is 4.70. The van der Waals surface area contributed by atoms with E-state index < -0.39 is 5.82 Å². The predicted octanol–water partition coefficient (Wildman–Crippen LogP) is 5.70. The molecule has 0 aliphatic carbocycles. The smallest absolute Gasteiger partial charge is 0.319 e. The number of piperazine rings is 1. The van der Waals surface area contributed by atoms with Crippen molar-refractivity contribution in [2.75, 3.05) is 44.8 Å². The first kappa shape index (κ1) is 31.1. The summed E-state index contributed by atoms with van der Waals surface area (Å²) in [5, 5.41) is 16.0. The zero-order valence-corrected chi connectivity index (χ0v) is 27.8. The number of halogens is 1. The molecule has 4 fully saturated rings. The molecule has 252 valence electrons. The lowest BCUT2D eigenvalue weighted by atomic mass is 9.96. The first-order valence-electron chi connectivity index (χ1n) is 17.2. The van der Waals surface area contributed by atoms with Gasteiger partial charge in [-0.25, -0.2) is 9.18 Å². The van der Waals surface area contributed by atoms with Crippen molar-refractivity contribution in [3.63, 3.8) is 0 Å². The number of carbonyl (C=O) groups excluding carboxylic acids is 1. The molecule has 11 heteroatoms. The normalized spacial score (nSPS) is 25.3. The molecule has 5 heterocycles. The number of nitrogens with one attached hydrogen (secondary N) is 1. The molecular weight excluding hydrogens is 611 g/mol. The molecule has 8 rings (SSSR count). The highest BCUT2D eigenvalue weighted by atomic mass is 19.1. The molecule has 2 unspecified atom stereocenters. The summed E-state index contributed by atoms with van der Waals surface area (Å²) >= 11 is 0. The molecule has 1 aromatic heterocycles. The van der Waals surface area contributed by atoms with Crippen LogP contribution in [0.15, 0.2) is 48.5 Å². The van der Waals surface area contributed by atoms with Crippen LogP contribution < -0.4 is 15.0 Å². The number of likely N-dealkylation sites (tertiary alicyclic amines) is 1. The van der Waals surface area contributed by atoms with E-state index in [1.165, 1.54) is 0 Å². The van der Waals surface area contributed by atoms with Crippen LogP contribution in [0.1, 0.15) is 46.0 Å². The standard InChI is InChI=1S/C37H43FN6O4/c1-37(2)17-23(20-48-37)39-36(46)44-24-10-11-25(44)19-43(18-24)34-30-13-12-29(31-16-27(45)15-22-7-4-5-9-28(22)31)32(38)33(30)40-35(41-34)47-21-26-8-6-14-42(26)3/h4-5,7,9,12-13,15-16,23-26,45H,6,8,10-11,14,17-21H2,1-3H3,(H,39,46)/t23?,24-,25+,26?. The number of aromatic hydroxyl groups is 1. The Morgan fingerprint density at radius 2 is 1.85 bits per heavy atom. The zero-order valence-electron chi connectivity index (χ0n) is 27.8. The van der Waals surface area contributed by atoms with E-state index in [4.69, 9.17) is 14.5 Å². The predicted molar refractivity (Wildman–Crippen MR) is 183 cm³/mol. The Balaban J connectivity index is 1.14. The number of anilines is 1. The van der Waals surface area contributed by atoms with Gasteiger partial charge in [0.15, 0.2) is 5.82 Å². The fourth-order valence-electron chi connectivity index (χ4n) is 8.30. The van der Waals surface area contributed by atoms with Crippen LogP contribution in [-0.2, 0) is 4.74 Å². The van der Waals surface area contributed by atoms with E-state index in [0.717, 1.165) is 49.4 Å². The molecule has 48 heavy (non-hydrogen) atoms. The number of aromatic nitrogens is 2. The highest BCUT2D eigenvalue weighted by Gasteiger charge is 2.45. The second-order valence-corrected chi connectivity index (χ2v) is 14.6. The average Bonchev–Trinajstić information content (AvgIpc) is 3.72.